The summed E-state index contributed by atoms with van der Waals surface area (Å²) in [4.78, 5) is 34.8. The number of nitrogens with one attached hydrogen (secondary N) is 2. The number of esters is 1. The molecule has 0 aliphatic heterocycles. The number of urea groups is 1. The average molecular weight is 359 g/mol. The second-order valence-corrected chi connectivity index (χ2v) is 5.43. The first-order valence-corrected chi connectivity index (χ1v) is 7.75. The Hall–Kier alpha value is -3.42. The molecule has 1 unspecified atom stereocenters. The summed E-state index contributed by atoms with van der Waals surface area (Å²) in [5, 5.41) is 4.78. The van der Waals surface area contributed by atoms with Crippen LogP contribution in [0.5, 0.6) is 0 Å². The van der Waals surface area contributed by atoms with Crippen molar-refractivity contribution in [3.8, 4) is 0 Å². The quantitative estimate of drug-likeness (QED) is 0.687. The molecule has 1 atom stereocenters. The molecule has 8 heteroatoms. The first-order valence-electron chi connectivity index (χ1n) is 7.75. The molecule has 0 spiro atoms. The van der Waals surface area contributed by atoms with Crippen molar-refractivity contribution in [1.82, 2.24) is 5.32 Å². The van der Waals surface area contributed by atoms with E-state index >= 15 is 0 Å². The number of carbonyl (C=O) groups excluding carboxylic acids is 3. The minimum atomic E-state index is -1.11. The Morgan fingerprint density at radius 3 is 2.38 bits per heavy atom. The van der Waals surface area contributed by atoms with Crippen molar-refractivity contribution in [2.24, 2.45) is 5.73 Å². The topological polar surface area (TPSA) is 111 Å². The SMILES string of the molecule is CC(OC(=O)c1ccc(CNC(N)=O)cc1)C(=O)Nc1ccccc1F. The molecule has 0 heterocycles. The van der Waals surface area contributed by atoms with Crippen molar-refractivity contribution >= 4 is 23.6 Å². The highest BCUT2D eigenvalue weighted by Crippen LogP contribution is 2.14. The van der Waals surface area contributed by atoms with Crippen molar-refractivity contribution in [3.05, 3.63) is 65.5 Å². The van der Waals surface area contributed by atoms with Crippen molar-refractivity contribution < 1.29 is 23.5 Å². The second-order valence-electron chi connectivity index (χ2n) is 5.43. The molecule has 0 aromatic heterocycles. The smallest absolute Gasteiger partial charge is 0.338 e. The van der Waals surface area contributed by atoms with Gasteiger partial charge in [0.1, 0.15) is 5.82 Å². The summed E-state index contributed by atoms with van der Waals surface area (Å²) in [6.45, 7) is 1.62. The molecule has 0 radical (unpaired) electrons. The second kappa shape index (κ2) is 8.61. The first kappa shape index (κ1) is 18.9. The predicted octanol–water partition coefficient (Wildman–Crippen LogP) is 2.18. The van der Waals surface area contributed by atoms with E-state index in [0.717, 1.165) is 5.56 Å². The lowest BCUT2D eigenvalue weighted by Gasteiger charge is -2.14. The van der Waals surface area contributed by atoms with Gasteiger partial charge in [0.15, 0.2) is 6.10 Å². The van der Waals surface area contributed by atoms with Crippen LogP contribution in [0.15, 0.2) is 48.5 Å². The molecule has 3 amide bonds. The minimum absolute atomic E-state index is 0.00621. The number of hydrogen-bond donors (Lipinski definition) is 3. The van der Waals surface area contributed by atoms with Crippen molar-refractivity contribution in [1.29, 1.82) is 0 Å². The average Bonchev–Trinajstić information content (AvgIpc) is 2.62. The molecule has 0 aliphatic carbocycles. The van der Waals surface area contributed by atoms with Crippen molar-refractivity contribution in [3.63, 3.8) is 0 Å². The maximum absolute atomic E-state index is 13.5. The van der Waals surface area contributed by atoms with E-state index in [9.17, 15) is 18.8 Å². The Morgan fingerprint density at radius 2 is 1.77 bits per heavy atom. The minimum Gasteiger partial charge on any atom is -0.449 e. The lowest BCUT2D eigenvalue weighted by Crippen LogP contribution is -2.30. The van der Waals surface area contributed by atoms with Crippen LogP contribution in [0.4, 0.5) is 14.9 Å². The third kappa shape index (κ3) is 5.30. The maximum atomic E-state index is 13.5. The number of benzene rings is 2. The fourth-order valence-corrected chi connectivity index (χ4v) is 2.03. The van der Waals surface area contributed by atoms with E-state index in [0.29, 0.717) is 0 Å². The zero-order valence-electron chi connectivity index (χ0n) is 14.0. The van der Waals surface area contributed by atoms with Gasteiger partial charge in [-0.15, -0.1) is 0 Å². The standard InChI is InChI=1S/C18H18FN3O4/c1-11(16(23)22-15-5-3-2-4-14(15)19)26-17(24)13-8-6-12(7-9-13)10-21-18(20)25/h2-9,11H,10H2,1H3,(H,22,23)(H3,20,21,25). The third-order valence-corrected chi connectivity index (χ3v) is 3.44. The van der Waals surface area contributed by atoms with Gasteiger partial charge in [-0.25, -0.2) is 14.0 Å². The fraction of sp³-hybridized carbons (Fsp3) is 0.167. The normalized spacial score (nSPS) is 11.3. The van der Waals surface area contributed by atoms with Gasteiger partial charge >= 0.3 is 12.0 Å². The number of anilines is 1. The molecule has 2 aromatic carbocycles. The summed E-state index contributed by atoms with van der Waals surface area (Å²) in [5.74, 6) is -1.93. The molecule has 0 saturated carbocycles. The fourth-order valence-electron chi connectivity index (χ4n) is 2.03. The molecule has 2 rings (SSSR count). The van der Waals surface area contributed by atoms with E-state index < -0.39 is 29.8 Å². The number of nitrogens with two attached hydrogens (primary N) is 1. The number of ether oxygens (including phenoxy) is 1. The number of halogens is 1. The van der Waals surface area contributed by atoms with Gasteiger partial charge in [-0.2, -0.15) is 0 Å². The van der Waals surface area contributed by atoms with E-state index in [1.807, 2.05) is 0 Å². The summed E-state index contributed by atoms with van der Waals surface area (Å²) in [6, 6.07) is 11.3. The van der Waals surface area contributed by atoms with E-state index in [1.54, 1.807) is 18.2 Å². The lowest BCUT2D eigenvalue weighted by molar-refractivity contribution is -0.123. The number of primary amides is 1. The van der Waals surface area contributed by atoms with Crippen LogP contribution in [0, 0.1) is 5.82 Å². The van der Waals surface area contributed by atoms with Gasteiger partial charge in [0.2, 0.25) is 0 Å². The Bertz CT molecular complexity index is 808. The van der Waals surface area contributed by atoms with Crippen LogP contribution in [0.1, 0.15) is 22.8 Å². The molecule has 7 nitrogen and oxygen atoms in total. The van der Waals surface area contributed by atoms with Gasteiger partial charge in [-0.05, 0) is 36.8 Å². The lowest BCUT2D eigenvalue weighted by atomic mass is 10.1. The Balaban J connectivity index is 1.92. The molecule has 4 N–H and O–H groups in total. The molecule has 0 saturated heterocycles. The maximum Gasteiger partial charge on any atom is 0.338 e. The van der Waals surface area contributed by atoms with E-state index in [-0.39, 0.29) is 17.8 Å². The van der Waals surface area contributed by atoms with Crippen LogP contribution in [0.3, 0.4) is 0 Å². The molecule has 26 heavy (non-hydrogen) atoms. The van der Waals surface area contributed by atoms with Gasteiger partial charge in [0, 0.05) is 6.54 Å². The van der Waals surface area contributed by atoms with Crippen molar-refractivity contribution in [2.45, 2.75) is 19.6 Å². The number of hydrogen-bond acceptors (Lipinski definition) is 4. The summed E-state index contributed by atoms with van der Waals surface area (Å²) < 4.78 is 18.6. The number of rotatable bonds is 6. The van der Waals surface area contributed by atoms with Gasteiger partial charge in [-0.3, -0.25) is 4.79 Å². The monoisotopic (exact) mass is 359 g/mol. The molecule has 2 aromatic rings. The molecule has 0 bridgehead atoms. The van der Waals surface area contributed by atoms with E-state index in [1.165, 1.54) is 37.3 Å². The molecule has 136 valence electrons. The van der Waals surface area contributed by atoms with Crippen LogP contribution < -0.4 is 16.4 Å². The van der Waals surface area contributed by atoms with Crippen LogP contribution in [-0.4, -0.2) is 24.0 Å². The molecular formula is C18H18FN3O4. The Labute approximate surface area is 149 Å². The zero-order chi connectivity index (χ0) is 19.1. The van der Waals surface area contributed by atoms with Crippen molar-refractivity contribution in [2.75, 3.05) is 5.32 Å². The number of amides is 3. The van der Waals surface area contributed by atoms with Crippen LogP contribution in [-0.2, 0) is 16.1 Å². The summed E-state index contributed by atoms with van der Waals surface area (Å²) in [7, 11) is 0. The van der Waals surface area contributed by atoms with Crippen LogP contribution in [0.2, 0.25) is 0 Å². The number of carbonyl (C=O) groups is 3. The zero-order valence-corrected chi connectivity index (χ0v) is 14.0. The summed E-state index contributed by atoms with van der Waals surface area (Å²) in [5.41, 5.74) is 5.96. The van der Waals surface area contributed by atoms with Gasteiger partial charge in [-0.1, -0.05) is 24.3 Å². The molecule has 0 aliphatic rings. The molecular weight excluding hydrogens is 341 g/mol. The van der Waals surface area contributed by atoms with Gasteiger partial charge in [0.25, 0.3) is 5.91 Å². The van der Waals surface area contributed by atoms with Gasteiger partial charge in [0.05, 0.1) is 11.3 Å². The first-order chi connectivity index (χ1) is 12.4. The molecule has 0 fully saturated rings. The van der Waals surface area contributed by atoms with Gasteiger partial charge < -0.3 is 21.1 Å². The van der Waals surface area contributed by atoms with E-state index in [4.69, 9.17) is 10.5 Å². The van der Waals surface area contributed by atoms with Crippen LogP contribution >= 0.6 is 0 Å². The highest BCUT2D eigenvalue weighted by atomic mass is 19.1. The number of para-hydroxylation sites is 1. The Morgan fingerprint density at radius 1 is 1.12 bits per heavy atom. The third-order valence-electron chi connectivity index (χ3n) is 3.44. The highest BCUT2D eigenvalue weighted by Gasteiger charge is 2.20. The predicted molar refractivity (Wildman–Crippen MR) is 92.8 cm³/mol. The largest absolute Gasteiger partial charge is 0.449 e. The summed E-state index contributed by atoms with van der Waals surface area (Å²) >= 11 is 0. The summed E-state index contributed by atoms with van der Waals surface area (Å²) in [6.07, 6.45) is -1.11. The van der Waals surface area contributed by atoms with Crippen LogP contribution in [0.25, 0.3) is 0 Å². The Kier molecular flexibility index (Phi) is 6.26. The highest BCUT2D eigenvalue weighted by molar-refractivity contribution is 5.97. The van der Waals surface area contributed by atoms with E-state index in [2.05, 4.69) is 10.6 Å².